The molecule has 1 saturated heterocycles. The molecule has 0 radical (unpaired) electrons. The number of sulfonamides is 1. The highest BCUT2D eigenvalue weighted by Crippen LogP contribution is 2.29. The van der Waals surface area contributed by atoms with E-state index in [1.807, 2.05) is 18.2 Å². The van der Waals surface area contributed by atoms with Crippen LogP contribution in [0.1, 0.15) is 11.6 Å². The Balaban J connectivity index is 1.66. The van der Waals surface area contributed by atoms with Crippen molar-refractivity contribution in [3.63, 3.8) is 0 Å². The van der Waals surface area contributed by atoms with Gasteiger partial charge in [-0.05, 0) is 18.2 Å². The number of ether oxygens (including phenoxy) is 1. The summed E-state index contributed by atoms with van der Waals surface area (Å²) in [5, 5.41) is 3.41. The molecule has 1 atom stereocenters. The van der Waals surface area contributed by atoms with Gasteiger partial charge in [0.15, 0.2) is 0 Å². The van der Waals surface area contributed by atoms with Gasteiger partial charge in [0, 0.05) is 38.3 Å². The summed E-state index contributed by atoms with van der Waals surface area (Å²) >= 11 is 0. The van der Waals surface area contributed by atoms with Crippen LogP contribution in [0.15, 0.2) is 59.5 Å². The van der Waals surface area contributed by atoms with E-state index in [-0.39, 0.29) is 6.04 Å². The van der Waals surface area contributed by atoms with Gasteiger partial charge in [-0.2, -0.15) is 0 Å². The third-order valence-corrected chi connectivity index (χ3v) is 6.07. The second-order valence-corrected chi connectivity index (χ2v) is 7.98. The lowest BCUT2D eigenvalue weighted by molar-refractivity contribution is 0.162. The van der Waals surface area contributed by atoms with Gasteiger partial charge < -0.3 is 10.1 Å². The Labute approximate surface area is 155 Å². The van der Waals surface area contributed by atoms with E-state index >= 15 is 0 Å². The first kappa shape index (κ1) is 18.8. The van der Waals surface area contributed by atoms with Crippen molar-refractivity contribution >= 4 is 10.0 Å². The van der Waals surface area contributed by atoms with Crippen molar-refractivity contribution in [1.82, 2.24) is 14.9 Å². The maximum absolute atomic E-state index is 12.4. The fourth-order valence-corrected chi connectivity index (χ4v) is 4.31. The summed E-state index contributed by atoms with van der Waals surface area (Å²) in [5.41, 5.74) is 1.12. The second kappa shape index (κ2) is 8.64. The summed E-state index contributed by atoms with van der Waals surface area (Å²) in [6.45, 7) is 3.55. The molecule has 26 heavy (non-hydrogen) atoms. The van der Waals surface area contributed by atoms with Crippen LogP contribution in [0.4, 0.5) is 0 Å². The fourth-order valence-electron chi connectivity index (χ4n) is 3.27. The number of benzene rings is 2. The number of methoxy groups -OCH3 is 1. The van der Waals surface area contributed by atoms with Crippen molar-refractivity contribution in [2.24, 2.45) is 0 Å². The van der Waals surface area contributed by atoms with Gasteiger partial charge >= 0.3 is 0 Å². The summed E-state index contributed by atoms with van der Waals surface area (Å²) < 4.78 is 32.9. The molecule has 3 rings (SSSR count). The summed E-state index contributed by atoms with van der Waals surface area (Å²) in [6.07, 6.45) is 0. The standard InChI is InChI=1S/C19H25N3O3S/c1-25-19-10-6-5-9-17(19)18-15-20-11-13-22(18)14-12-21-26(23,24)16-7-3-2-4-8-16/h2-10,18,20-21H,11-15H2,1H3. The molecule has 1 unspecified atom stereocenters. The zero-order valence-corrected chi connectivity index (χ0v) is 15.7. The van der Waals surface area contributed by atoms with Crippen LogP contribution in [0.5, 0.6) is 5.75 Å². The Bertz CT molecular complexity index is 812. The number of hydrogen-bond donors (Lipinski definition) is 2. The van der Waals surface area contributed by atoms with Gasteiger partial charge in [-0.3, -0.25) is 4.90 Å². The molecule has 0 amide bonds. The molecule has 7 heteroatoms. The van der Waals surface area contributed by atoms with Crippen LogP contribution < -0.4 is 14.8 Å². The van der Waals surface area contributed by atoms with Crippen LogP contribution in [0.3, 0.4) is 0 Å². The maximum Gasteiger partial charge on any atom is 0.240 e. The number of piperazine rings is 1. The predicted molar refractivity (Wildman–Crippen MR) is 102 cm³/mol. The normalized spacial score (nSPS) is 18.6. The number of nitrogens with one attached hydrogen (secondary N) is 2. The Hall–Kier alpha value is -1.93. The first-order chi connectivity index (χ1) is 12.6. The van der Waals surface area contributed by atoms with Crippen molar-refractivity contribution < 1.29 is 13.2 Å². The zero-order chi connectivity index (χ0) is 18.4. The molecule has 2 N–H and O–H groups in total. The summed E-state index contributed by atoms with van der Waals surface area (Å²) in [7, 11) is -1.80. The highest BCUT2D eigenvalue weighted by molar-refractivity contribution is 7.89. The second-order valence-electron chi connectivity index (χ2n) is 6.21. The number of hydrogen-bond acceptors (Lipinski definition) is 5. The first-order valence-electron chi connectivity index (χ1n) is 8.74. The predicted octanol–water partition coefficient (Wildman–Crippen LogP) is 1.62. The lowest BCUT2D eigenvalue weighted by Gasteiger charge is -2.37. The van der Waals surface area contributed by atoms with Gasteiger partial charge in [-0.25, -0.2) is 13.1 Å². The molecule has 2 aromatic rings. The average Bonchev–Trinajstić information content (AvgIpc) is 2.69. The van der Waals surface area contributed by atoms with Gasteiger partial charge in [-0.1, -0.05) is 36.4 Å². The van der Waals surface area contributed by atoms with Gasteiger partial charge in [0.1, 0.15) is 5.75 Å². The Kier molecular flexibility index (Phi) is 6.26. The van der Waals surface area contributed by atoms with Crippen molar-refractivity contribution in [2.75, 3.05) is 39.8 Å². The van der Waals surface area contributed by atoms with E-state index in [0.717, 1.165) is 30.9 Å². The highest BCUT2D eigenvalue weighted by Gasteiger charge is 2.26. The SMILES string of the molecule is COc1ccccc1C1CNCCN1CCNS(=O)(=O)c1ccccc1. The van der Waals surface area contributed by atoms with Crippen molar-refractivity contribution in [2.45, 2.75) is 10.9 Å². The van der Waals surface area contributed by atoms with Crippen LogP contribution >= 0.6 is 0 Å². The Morgan fingerprint density at radius 2 is 1.88 bits per heavy atom. The highest BCUT2D eigenvalue weighted by atomic mass is 32.2. The molecule has 140 valence electrons. The van der Waals surface area contributed by atoms with E-state index in [0.29, 0.717) is 18.0 Å². The topological polar surface area (TPSA) is 70.7 Å². The molecule has 0 aromatic heterocycles. The molecular formula is C19H25N3O3S. The summed E-state index contributed by atoms with van der Waals surface area (Å²) in [5.74, 6) is 0.857. The molecule has 1 fully saturated rings. The van der Waals surface area contributed by atoms with Crippen molar-refractivity contribution in [3.05, 3.63) is 60.2 Å². The molecule has 1 aliphatic rings. The van der Waals surface area contributed by atoms with Gasteiger partial charge in [0.2, 0.25) is 10.0 Å². The quantitative estimate of drug-likeness (QED) is 0.770. The van der Waals surface area contributed by atoms with Gasteiger partial charge in [0.25, 0.3) is 0 Å². The first-order valence-corrected chi connectivity index (χ1v) is 10.2. The number of para-hydroxylation sites is 1. The molecule has 1 heterocycles. The molecule has 0 aliphatic carbocycles. The summed E-state index contributed by atoms with van der Waals surface area (Å²) in [6, 6.07) is 16.6. The average molecular weight is 375 g/mol. The van der Waals surface area contributed by atoms with Crippen LogP contribution in [-0.4, -0.2) is 53.2 Å². The van der Waals surface area contributed by atoms with E-state index in [1.54, 1.807) is 37.4 Å². The van der Waals surface area contributed by atoms with E-state index in [4.69, 9.17) is 4.74 Å². The molecule has 6 nitrogen and oxygen atoms in total. The lowest BCUT2D eigenvalue weighted by Crippen LogP contribution is -2.48. The molecule has 1 aliphatic heterocycles. The van der Waals surface area contributed by atoms with Crippen LogP contribution in [0.2, 0.25) is 0 Å². The Morgan fingerprint density at radius 1 is 1.15 bits per heavy atom. The monoisotopic (exact) mass is 375 g/mol. The molecule has 0 bridgehead atoms. The molecule has 0 saturated carbocycles. The van der Waals surface area contributed by atoms with Crippen molar-refractivity contribution in [3.8, 4) is 5.75 Å². The maximum atomic E-state index is 12.4. The minimum atomic E-state index is -3.47. The van der Waals surface area contributed by atoms with E-state index in [1.165, 1.54) is 0 Å². The zero-order valence-electron chi connectivity index (χ0n) is 14.9. The third kappa shape index (κ3) is 4.42. The van der Waals surface area contributed by atoms with E-state index in [2.05, 4.69) is 21.0 Å². The number of nitrogens with zero attached hydrogens (tertiary/aromatic N) is 1. The minimum absolute atomic E-state index is 0.154. The van der Waals surface area contributed by atoms with Crippen LogP contribution in [0.25, 0.3) is 0 Å². The molecule has 2 aromatic carbocycles. The number of rotatable bonds is 7. The third-order valence-electron chi connectivity index (χ3n) is 4.60. The minimum Gasteiger partial charge on any atom is -0.496 e. The van der Waals surface area contributed by atoms with E-state index < -0.39 is 10.0 Å². The largest absolute Gasteiger partial charge is 0.496 e. The lowest BCUT2D eigenvalue weighted by atomic mass is 10.0. The van der Waals surface area contributed by atoms with E-state index in [9.17, 15) is 8.42 Å². The van der Waals surface area contributed by atoms with Gasteiger partial charge in [-0.15, -0.1) is 0 Å². The molecular weight excluding hydrogens is 350 g/mol. The van der Waals surface area contributed by atoms with Crippen molar-refractivity contribution in [1.29, 1.82) is 0 Å². The Morgan fingerprint density at radius 3 is 2.65 bits per heavy atom. The molecule has 0 spiro atoms. The van der Waals surface area contributed by atoms with Gasteiger partial charge in [0.05, 0.1) is 18.0 Å². The van der Waals surface area contributed by atoms with Crippen LogP contribution in [-0.2, 0) is 10.0 Å². The summed E-state index contributed by atoms with van der Waals surface area (Å²) in [4.78, 5) is 2.59. The smallest absolute Gasteiger partial charge is 0.240 e. The van der Waals surface area contributed by atoms with Crippen LogP contribution in [0, 0.1) is 0 Å². The fraction of sp³-hybridized carbons (Fsp3) is 0.368.